The summed E-state index contributed by atoms with van der Waals surface area (Å²) in [5, 5.41) is 8.85. The van der Waals surface area contributed by atoms with Crippen LogP contribution in [0.1, 0.15) is 5.82 Å². The molecule has 0 saturated heterocycles. The zero-order valence-corrected chi connectivity index (χ0v) is 11.3. The molecule has 0 aromatic carbocycles. The molecule has 0 aliphatic carbocycles. The number of rotatable bonds is 3. The van der Waals surface area contributed by atoms with Crippen LogP contribution in [0.5, 0.6) is 0 Å². The molecule has 0 spiro atoms. The number of ether oxygens (including phenoxy) is 1. The lowest BCUT2D eigenvalue weighted by Gasteiger charge is -2.12. The number of hydrogen-bond donors (Lipinski definition) is 0. The first-order valence-corrected chi connectivity index (χ1v) is 5.70. The Bertz CT molecular complexity index is 419. The second-order valence-electron chi connectivity index (χ2n) is 2.65. The lowest BCUT2D eigenvalue weighted by atomic mass is 10.7. The van der Waals surface area contributed by atoms with Crippen LogP contribution in [0.4, 0.5) is 0 Å². The molecule has 0 unspecified atom stereocenters. The highest BCUT2D eigenvalue weighted by Crippen LogP contribution is 2.27. The summed E-state index contributed by atoms with van der Waals surface area (Å²) in [6.07, 6.45) is 0. The van der Waals surface area contributed by atoms with Crippen LogP contribution in [0.3, 0.4) is 0 Å². The lowest BCUT2D eigenvalue weighted by Crippen LogP contribution is -2.15. The minimum Gasteiger partial charge on any atom is -0.356 e. The number of alkyl halides is 3. The normalized spacial score (nSPS) is 11.5. The fourth-order valence-electron chi connectivity index (χ4n) is 0.860. The Morgan fingerprint density at radius 3 is 2.50 bits per heavy atom. The van der Waals surface area contributed by atoms with Gasteiger partial charge in [0.25, 0.3) is 0 Å². The number of imidazole rings is 1. The van der Waals surface area contributed by atoms with Crippen LogP contribution < -0.4 is 0 Å². The van der Waals surface area contributed by atoms with Crippen LogP contribution in [0.25, 0.3) is 0 Å². The van der Waals surface area contributed by atoms with Crippen LogP contribution >= 0.6 is 58.0 Å². The zero-order chi connectivity index (χ0) is 12.3. The molecule has 0 aliphatic rings. The van der Waals surface area contributed by atoms with Gasteiger partial charge in [-0.25, -0.2) is 4.98 Å². The van der Waals surface area contributed by atoms with E-state index < -0.39 is 3.79 Å². The molecule has 0 fully saturated rings. The Balaban J connectivity index is 2.71. The third kappa shape index (κ3) is 3.85. The van der Waals surface area contributed by atoms with Crippen molar-refractivity contribution in [2.75, 3.05) is 6.61 Å². The van der Waals surface area contributed by atoms with Crippen LogP contribution in [0.2, 0.25) is 10.3 Å². The van der Waals surface area contributed by atoms with E-state index in [4.69, 9.17) is 68.0 Å². The lowest BCUT2D eigenvalue weighted by molar-refractivity contribution is 0.0805. The SMILES string of the molecule is N#Cc1nc(Cl)c(Cl)n1COCC(Cl)(Cl)Cl. The van der Waals surface area contributed by atoms with E-state index in [-0.39, 0.29) is 29.5 Å². The van der Waals surface area contributed by atoms with Crippen molar-refractivity contribution in [2.45, 2.75) is 10.5 Å². The second-order valence-corrected chi connectivity index (χ2v) is 5.88. The summed E-state index contributed by atoms with van der Waals surface area (Å²) in [5.74, 6) is 0.0271. The first-order valence-electron chi connectivity index (χ1n) is 3.81. The smallest absolute Gasteiger partial charge is 0.217 e. The van der Waals surface area contributed by atoms with Gasteiger partial charge < -0.3 is 4.74 Å². The second kappa shape index (κ2) is 5.63. The molecule has 1 heterocycles. The monoisotopic (exact) mass is 321 g/mol. The fraction of sp³-hybridized carbons (Fsp3) is 0.429. The third-order valence-corrected chi connectivity index (χ3v) is 2.52. The molecule has 0 atom stereocenters. The highest BCUT2D eigenvalue weighted by atomic mass is 35.6. The van der Waals surface area contributed by atoms with Gasteiger partial charge in [-0.15, -0.1) is 0 Å². The van der Waals surface area contributed by atoms with Gasteiger partial charge in [0.15, 0.2) is 10.3 Å². The Hall–Kier alpha value is 0.110. The van der Waals surface area contributed by atoms with Gasteiger partial charge in [0.2, 0.25) is 9.62 Å². The van der Waals surface area contributed by atoms with E-state index in [0.717, 1.165) is 0 Å². The third-order valence-electron chi connectivity index (χ3n) is 1.45. The molecule has 0 amide bonds. The van der Waals surface area contributed by atoms with E-state index in [0.29, 0.717) is 0 Å². The van der Waals surface area contributed by atoms with Crippen molar-refractivity contribution in [3.63, 3.8) is 0 Å². The van der Waals surface area contributed by atoms with Gasteiger partial charge in [-0.3, -0.25) is 4.57 Å². The maximum Gasteiger partial charge on any atom is 0.217 e. The quantitative estimate of drug-likeness (QED) is 0.801. The Morgan fingerprint density at radius 2 is 2.00 bits per heavy atom. The van der Waals surface area contributed by atoms with Crippen molar-refractivity contribution in [3.05, 3.63) is 16.1 Å². The molecule has 0 bridgehead atoms. The van der Waals surface area contributed by atoms with Gasteiger partial charge in [0, 0.05) is 0 Å². The molecule has 1 aromatic heterocycles. The van der Waals surface area contributed by atoms with Gasteiger partial charge in [-0.1, -0.05) is 58.0 Å². The van der Waals surface area contributed by atoms with E-state index in [1.54, 1.807) is 0 Å². The Kier molecular flexibility index (Phi) is 4.99. The van der Waals surface area contributed by atoms with Crippen LogP contribution in [-0.4, -0.2) is 20.0 Å². The van der Waals surface area contributed by atoms with E-state index in [2.05, 4.69) is 4.98 Å². The maximum absolute atomic E-state index is 8.73. The van der Waals surface area contributed by atoms with Gasteiger partial charge >= 0.3 is 0 Å². The van der Waals surface area contributed by atoms with E-state index in [9.17, 15) is 0 Å². The molecule has 0 N–H and O–H groups in total. The molecule has 1 aromatic rings. The summed E-state index contributed by atoms with van der Waals surface area (Å²) in [4.78, 5) is 3.70. The summed E-state index contributed by atoms with van der Waals surface area (Å²) in [5.41, 5.74) is 0. The van der Waals surface area contributed by atoms with Crippen molar-refractivity contribution < 1.29 is 4.74 Å². The fourth-order valence-corrected chi connectivity index (χ4v) is 1.44. The minimum atomic E-state index is -1.52. The van der Waals surface area contributed by atoms with E-state index in [1.807, 2.05) is 6.07 Å². The summed E-state index contributed by atoms with van der Waals surface area (Å²) < 4.78 is 4.79. The standard InChI is InChI=1S/C7H4Cl5N3O/c8-5-6(9)15(4(1-13)14-5)3-16-2-7(10,11)12/h2-3H2. The first kappa shape index (κ1) is 14.2. The van der Waals surface area contributed by atoms with Crippen LogP contribution in [0.15, 0.2) is 0 Å². The summed E-state index contributed by atoms with van der Waals surface area (Å²) in [7, 11) is 0. The topological polar surface area (TPSA) is 50.8 Å². The van der Waals surface area contributed by atoms with Crippen LogP contribution in [0, 0.1) is 11.3 Å². The molecule has 0 aliphatic heterocycles. The van der Waals surface area contributed by atoms with Gasteiger partial charge in [0.05, 0.1) is 6.61 Å². The van der Waals surface area contributed by atoms with Crippen LogP contribution in [-0.2, 0) is 11.5 Å². The molecule has 9 heteroatoms. The first-order chi connectivity index (χ1) is 7.35. The summed E-state index contributed by atoms with van der Waals surface area (Å²) in [6.45, 7) is -0.218. The Morgan fingerprint density at radius 1 is 1.38 bits per heavy atom. The predicted molar refractivity (Wildman–Crippen MR) is 63.2 cm³/mol. The summed E-state index contributed by atoms with van der Waals surface area (Å²) in [6, 6.07) is 1.81. The predicted octanol–water partition coefficient (Wildman–Crippen LogP) is 3.41. The highest BCUT2D eigenvalue weighted by Gasteiger charge is 2.21. The summed E-state index contributed by atoms with van der Waals surface area (Å²) >= 11 is 27.8. The number of halogens is 5. The maximum atomic E-state index is 8.73. The average Bonchev–Trinajstić information content (AvgIpc) is 2.43. The van der Waals surface area contributed by atoms with E-state index >= 15 is 0 Å². The van der Waals surface area contributed by atoms with Crippen molar-refractivity contribution in [2.24, 2.45) is 0 Å². The minimum absolute atomic E-state index is 0.0238. The highest BCUT2D eigenvalue weighted by molar-refractivity contribution is 6.67. The molecule has 0 saturated carbocycles. The van der Waals surface area contributed by atoms with Crippen molar-refractivity contribution in [1.29, 1.82) is 5.26 Å². The molecular formula is C7H4Cl5N3O. The van der Waals surface area contributed by atoms with E-state index in [1.165, 1.54) is 4.57 Å². The zero-order valence-electron chi connectivity index (χ0n) is 7.55. The molecule has 88 valence electrons. The number of nitriles is 1. The van der Waals surface area contributed by atoms with Gasteiger partial charge in [0.1, 0.15) is 12.8 Å². The number of hydrogen-bond acceptors (Lipinski definition) is 3. The largest absolute Gasteiger partial charge is 0.356 e. The molecule has 4 nitrogen and oxygen atoms in total. The number of aromatic nitrogens is 2. The van der Waals surface area contributed by atoms with Crippen molar-refractivity contribution in [3.8, 4) is 6.07 Å². The van der Waals surface area contributed by atoms with Gasteiger partial charge in [-0.2, -0.15) is 5.26 Å². The number of nitrogens with zero attached hydrogens (tertiary/aromatic N) is 3. The average molecular weight is 323 g/mol. The van der Waals surface area contributed by atoms with Gasteiger partial charge in [-0.05, 0) is 0 Å². The molecule has 16 heavy (non-hydrogen) atoms. The Labute approximate surface area is 117 Å². The van der Waals surface area contributed by atoms with Crippen molar-refractivity contribution >= 4 is 58.0 Å². The molecule has 1 rings (SSSR count). The van der Waals surface area contributed by atoms with Crippen molar-refractivity contribution in [1.82, 2.24) is 9.55 Å². The molecular weight excluding hydrogens is 319 g/mol. The molecule has 0 radical (unpaired) electrons.